The molecule has 0 bridgehead atoms. The summed E-state index contributed by atoms with van der Waals surface area (Å²) in [6.45, 7) is 6.03. The molecule has 1 amide bonds. The molecule has 0 unspecified atom stereocenters. The van der Waals surface area contributed by atoms with Crippen LogP contribution >= 0.6 is 35.0 Å². The van der Waals surface area contributed by atoms with Crippen LogP contribution in [0, 0.1) is 20.8 Å². The van der Waals surface area contributed by atoms with Crippen LogP contribution in [-0.2, 0) is 4.79 Å². The van der Waals surface area contributed by atoms with Gasteiger partial charge in [0.15, 0.2) is 11.0 Å². The van der Waals surface area contributed by atoms with E-state index in [2.05, 4.69) is 15.5 Å². The summed E-state index contributed by atoms with van der Waals surface area (Å²) in [5.74, 6) is 0.653. The minimum Gasteiger partial charge on any atom is -0.325 e. The van der Waals surface area contributed by atoms with E-state index in [0.29, 0.717) is 26.6 Å². The summed E-state index contributed by atoms with van der Waals surface area (Å²) in [6, 6.07) is 19.2. The Balaban J connectivity index is 1.63. The third-order valence-electron chi connectivity index (χ3n) is 5.09. The number of anilines is 1. The Labute approximate surface area is 207 Å². The minimum absolute atomic E-state index is 0.114. The van der Waals surface area contributed by atoms with Crippen LogP contribution in [0.25, 0.3) is 17.1 Å². The lowest BCUT2D eigenvalue weighted by atomic mass is 10.1. The Morgan fingerprint density at radius 3 is 2.36 bits per heavy atom. The van der Waals surface area contributed by atoms with Gasteiger partial charge in [-0.25, -0.2) is 0 Å². The third-order valence-corrected chi connectivity index (χ3v) is 6.56. The Kier molecular flexibility index (Phi) is 7.08. The molecule has 0 saturated carbocycles. The number of aromatic nitrogens is 3. The standard InChI is InChI=1S/C25H22Cl2N4OS/c1-15-4-8-19(9-5-15)31-24(20-10-7-18(26)13-21(20)27)29-30-25(31)33-14-23(32)28-22-11-6-16(2)12-17(22)3/h4-13H,14H2,1-3H3,(H,28,32). The van der Waals surface area contributed by atoms with E-state index < -0.39 is 0 Å². The van der Waals surface area contributed by atoms with E-state index in [1.54, 1.807) is 12.1 Å². The fraction of sp³-hybridized carbons (Fsp3) is 0.160. The van der Waals surface area contributed by atoms with Crippen molar-refractivity contribution < 1.29 is 4.79 Å². The molecule has 0 saturated heterocycles. The number of thioether (sulfide) groups is 1. The molecule has 1 aromatic heterocycles. The van der Waals surface area contributed by atoms with E-state index in [0.717, 1.165) is 28.1 Å². The van der Waals surface area contributed by atoms with Crippen molar-refractivity contribution in [2.24, 2.45) is 0 Å². The number of halogens is 2. The highest BCUT2D eigenvalue weighted by molar-refractivity contribution is 7.99. The molecule has 0 atom stereocenters. The van der Waals surface area contributed by atoms with Gasteiger partial charge in [-0.1, -0.05) is 70.4 Å². The van der Waals surface area contributed by atoms with Gasteiger partial charge in [0.05, 0.1) is 10.8 Å². The van der Waals surface area contributed by atoms with Crippen LogP contribution in [0.5, 0.6) is 0 Å². The number of amides is 1. The lowest BCUT2D eigenvalue weighted by Crippen LogP contribution is -2.15. The molecular weight excluding hydrogens is 475 g/mol. The van der Waals surface area contributed by atoms with Crippen molar-refractivity contribution in [1.29, 1.82) is 0 Å². The number of benzene rings is 3. The number of aryl methyl sites for hydroxylation is 3. The number of hydrogen-bond acceptors (Lipinski definition) is 4. The SMILES string of the molecule is Cc1ccc(-n2c(SCC(=O)Nc3ccc(C)cc3C)nnc2-c2ccc(Cl)cc2Cl)cc1. The lowest BCUT2D eigenvalue weighted by Gasteiger charge is -2.12. The van der Waals surface area contributed by atoms with Gasteiger partial charge in [-0.2, -0.15) is 0 Å². The van der Waals surface area contributed by atoms with Gasteiger partial charge in [-0.15, -0.1) is 10.2 Å². The highest BCUT2D eigenvalue weighted by Crippen LogP contribution is 2.33. The molecule has 5 nitrogen and oxygen atoms in total. The maximum atomic E-state index is 12.7. The van der Waals surface area contributed by atoms with E-state index >= 15 is 0 Å². The molecular formula is C25H22Cl2N4OS. The van der Waals surface area contributed by atoms with E-state index in [9.17, 15) is 4.79 Å². The van der Waals surface area contributed by atoms with Crippen LogP contribution in [-0.4, -0.2) is 26.4 Å². The van der Waals surface area contributed by atoms with E-state index in [-0.39, 0.29) is 11.7 Å². The summed E-state index contributed by atoms with van der Waals surface area (Å²) in [5.41, 5.74) is 5.71. The van der Waals surface area contributed by atoms with Crippen LogP contribution in [0.2, 0.25) is 10.0 Å². The van der Waals surface area contributed by atoms with Crippen molar-refractivity contribution in [2.75, 3.05) is 11.1 Å². The summed E-state index contributed by atoms with van der Waals surface area (Å²) in [7, 11) is 0. The number of hydrogen-bond donors (Lipinski definition) is 1. The van der Waals surface area contributed by atoms with Gasteiger partial charge in [0.25, 0.3) is 0 Å². The maximum absolute atomic E-state index is 12.7. The van der Waals surface area contributed by atoms with Gasteiger partial charge in [0.1, 0.15) is 0 Å². The average Bonchev–Trinajstić information content (AvgIpc) is 3.18. The second kappa shape index (κ2) is 10.00. The van der Waals surface area contributed by atoms with Crippen molar-refractivity contribution in [2.45, 2.75) is 25.9 Å². The zero-order valence-electron chi connectivity index (χ0n) is 18.4. The summed E-state index contributed by atoms with van der Waals surface area (Å²) in [4.78, 5) is 12.7. The second-order valence-electron chi connectivity index (χ2n) is 7.76. The Hall–Kier alpha value is -2.80. The number of rotatable bonds is 6. The summed E-state index contributed by atoms with van der Waals surface area (Å²) in [5, 5.41) is 13.4. The number of nitrogens with zero attached hydrogens (tertiary/aromatic N) is 3. The number of carbonyl (C=O) groups is 1. The highest BCUT2D eigenvalue weighted by Gasteiger charge is 2.19. The number of nitrogens with one attached hydrogen (secondary N) is 1. The molecule has 168 valence electrons. The molecule has 4 rings (SSSR count). The quantitative estimate of drug-likeness (QED) is 0.295. The van der Waals surface area contributed by atoms with E-state index in [4.69, 9.17) is 23.2 Å². The molecule has 0 aliphatic rings. The average molecular weight is 497 g/mol. The molecule has 0 aliphatic carbocycles. The molecule has 33 heavy (non-hydrogen) atoms. The first-order valence-corrected chi connectivity index (χ1v) is 12.0. The van der Waals surface area contributed by atoms with Crippen molar-refractivity contribution >= 4 is 46.6 Å². The van der Waals surface area contributed by atoms with Gasteiger partial charge < -0.3 is 5.32 Å². The monoisotopic (exact) mass is 496 g/mol. The molecule has 0 radical (unpaired) electrons. The van der Waals surface area contributed by atoms with Gasteiger partial charge in [-0.05, 0) is 62.7 Å². The van der Waals surface area contributed by atoms with Crippen molar-refractivity contribution in [3.8, 4) is 17.1 Å². The molecule has 1 heterocycles. The van der Waals surface area contributed by atoms with Crippen LogP contribution in [0.3, 0.4) is 0 Å². The Morgan fingerprint density at radius 1 is 0.939 bits per heavy atom. The molecule has 1 N–H and O–H groups in total. The molecule has 0 fully saturated rings. The van der Waals surface area contributed by atoms with E-state index in [1.165, 1.54) is 11.8 Å². The molecule has 0 aliphatic heterocycles. The first kappa shape index (κ1) is 23.4. The summed E-state index contributed by atoms with van der Waals surface area (Å²) >= 11 is 13.9. The van der Waals surface area contributed by atoms with Crippen LogP contribution in [0.15, 0.2) is 65.8 Å². The molecule has 0 spiro atoms. The van der Waals surface area contributed by atoms with Crippen molar-refractivity contribution in [3.05, 3.63) is 87.4 Å². The topological polar surface area (TPSA) is 59.8 Å². The van der Waals surface area contributed by atoms with Gasteiger partial charge in [0, 0.05) is 22.0 Å². The normalized spacial score (nSPS) is 10.9. The Morgan fingerprint density at radius 2 is 1.67 bits per heavy atom. The van der Waals surface area contributed by atoms with Crippen LogP contribution < -0.4 is 5.32 Å². The van der Waals surface area contributed by atoms with E-state index in [1.807, 2.05) is 73.9 Å². The minimum atomic E-state index is -0.114. The molecule has 3 aromatic carbocycles. The lowest BCUT2D eigenvalue weighted by molar-refractivity contribution is -0.113. The summed E-state index contributed by atoms with van der Waals surface area (Å²) < 4.78 is 1.91. The van der Waals surface area contributed by atoms with Gasteiger partial charge in [-0.3, -0.25) is 9.36 Å². The predicted molar refractivity (Wildman–Crippen MR) is 137 cm³/mol. The van der Waals surface area contributed by atoms with Crippen LogP contribution in [0.1, 0.15) is 16.7 Å². The van der Waals surface area contributed by atoms with Gasteiger partial charge in [0.2, 0.25) is 5.91 Å². The maximum Gasteiger partial charge on any atom is 0.234 e. The Bertz CT molecular complexity index is 1320. The summed E-state index contributed by atoms with van der Waals surface area (Å²) in [6.07, 6.45) is 0. The fourth-order valence-corrected chi connectivity index (χ4v) is 4.65. The molecule has 8 heteroatoms. The number of carbonyl (C=O) groups excluding carboxylic acids is 1. The molecule has 4 aromatic rings. The zero-order chi connectivity index (χ0) is 23.5. The predicted octanol–water partition coefficient (Wildman–Crippen LogP) is 6.90. The fourth-order valence-electron chi connectivity index (χ4n) is 3.41. The second-order valence-corrected chi connectivity index (χ2v) is 9.54. The first-order chi connectivity index (χ1) is 15.8. The largest absolute Gasteiger partial charge is 0.325 e. The van der Waals surface area contributed by atoms with Crippen molar-refractivity contribution in [1.82, 2.24) is 14.8 Å². The smallest absolute Gasteiger partial charge is 0.234 e. The van der Waals surface area contributed by atoms with Gasteiger partial charge >= 0.3 is 0 Å². The first-order valence-electron chi connectivity index (χ1n) is 10.3. The zero-order valence-corrected chi connectivity index (χ0v) is 20.7. The van der Waals surface area contributed by atoms with Crippen molar-refractivity contribution in [3.63, 3.8) is 0 Å². The highest BCUT2D eigenvalue weighted by atomic mass is 35.5. The van der Waals surface area contributed by atoms with Crippen LogP contribution in [0.4, 0.5) is 5.69 Å². The third kappa shape index (κ3) is 5.41.